The van der Waals surface area contributed by atoms with Gasteiger partial charge in [-0.3, -0.25) is 14.9 Å². The van der Waals surface area contributed by atoms with Crippen molar-refractivity contribution in [2.75, 3.05) is 37.4 Å². The zero-order valence-electron chi connectivity index (χ0n) is 16.4. The number of carbonyl (C=O) groups excluding carboxylic acids is 1. The number of hydrogen-bond acceptors (Lipinski definition) is 5. The van der Waals surface area contributed by atoms with Crippen molar-refractivity contribution in [2.24, 2.45) is 0 Å². The molecule has 2 aromatic carbocycles. The summed E-state index contributed by atoms with van der Waals surface area (Å²) in [6.45, 7) is 2.62. The molecule has 0 spiro atoms. The van der Waals surface area contributed by atoms with Gasteiger partial charge in [0.1, 0.15) is 0 Å². The van der Waals surface area contributed by atoms with Crippen molar-refractivity contribution in [3.8, 4) is 0 Å². The van der Waals surface area contributed by atoms with Gasteiger partial charge in [-0.15, -0.1) is 0 Å². The molecular formula is C21H26N4O3. The third kappa shape index (κ3) is 4.42. The Kier molecular flexibility index (Phi) is 6.13. The summed E-state index contributed by atoms with van der Waals surface area (Å²) in [7, 11) is 3.40. The van der Waals surface area contributed by atoms with Gasteiger partial charge in [0.15, 0.2) is 0 Å². The maximum atomic E-state index is 12.9. The third-order valence-electron chi connectivity index (χ3n) is 5.14. The van der Waals surface area contributed by atoms with Gasteiger partial charge in [-0.2, -0.15) is 0 Å². The number of carbonyl (C=O) groups is 1. The average Bonchev–Trinajstić information content (AvgIpc) is 2.73. The number of nitrogens with one attached hydrogen (secondary N) is 1. The average molecular weight is 382 g/mol. The van der Waals surface area contributed by atoms with Gasteiger partial charge in [0.2, 0.25) is 0 Å². The molecule has 0 atom stereocenters. The second-order valence-electron chi connectivity index (χ2n) is 7.11. The minimum Gasteiger partial charge on any atom is -0.387 e. The molecule has 0 bridgehead atoms. The first kappa shape index (κ1) is 19.7. The highest BCUT2D eigenvalue weighted by atomic mass is 16.6. The van der Waals surface area contributed by atoms with E-state index in [1.807, 2.05) is 12.1 Å². The van der Waals surface area contributed by atoms with Crippen LogP contribution >= 0.6 is 0 Å². The SMILES string of the molecule is CNc1ccc([N+](=O)[O-])cc1C(=O)N(C)Cc1ccc(N2CCCCC2)cc1. The van der Waals surface area contributed by atoms with Crippen molar-refractivity contribution in [2.45, 2.75) is 25.8 Å². The molecule has 148 valence electrons. The van der Waals surface area contributed by atoms with Crippen molar-refractivity contribution < 1.29 is 9.72 Å². The summed E-state index contributed by atoms with van der Waals surface area (Å²) in [5.74, 6) is -0.256. The number of nitrogens with zero attached hydrogens (tertiary/aromatic N) is 3. The minimum atomic E-state index is -0.491. The normalized spacial score (nSPS) is 13.9. The number of piperidine rings is 1. The molecule has 1 N–H and O–H groups in total. The summed E-state index contributed by atoms with van der Waals surface area (Å²) < 4.78 is 0. The van der Waals surface area contributed by atoms with Crippen LogP contribution in [0.1, 0.15) is 35.2 Å². The molecule has 0 radical (unpaired) electrons. The Morgan fingerprint density at radius 1 is 1.14 bits per heavy atom. The van der Waals surface area contributed by atoms with Gasteiger partial charge in [-0.05, 0) is 43.0 Å². The monoisotopic (exact) mass is 382 g/mol. The molecule has 7 heteroatoms. The van der Waals surface area contributed by atoms with Gasteiger partial charge in [0.25, 0.3) is 11.6 Å². The second kappa shape index (κ2) is 8.73. The number of rotatable bonds is 6. The van der Waals surface area contributed by atoms with E-state index < -0.39 is 4.92 Å². The third-order valence-corrected chi connectivity index (χ3v) is 5.14. The molecule has 28 heavy (non-hydrogen) atoms. The largest absolute Gasteiger partial charge is 0.387 e. The molecule has 0 aliphatic carbocycles. The van der Waals surface area contributed by atoms with Crippen LogP contribution in [-0.2, 0) is 6.54 Å². The molecule has 0 aromatic heterocycles. The number of non-ortho nitro benzene ring substituents is 1. The lowest BCUT2D eigenvalue weighted by Gasteiger charge is -2.29. The fourth-order valence-electron chi connectivity index (χ4n) is 3.56. The van der Waals surface area contributed by atoms with Crippen molar-refractivity contribution in [1.82, 2.24) is 4.90 Å². The lowest BCUT2D eigenvalue weighted by molar-refractivity contribution is -0.384. The molecule has 1 aliphatic rings. The Morgan fingerprint density at radius 2 is 1.82 bits per heavy atom. The summed E-state index contributed by atoms with van der Waals surface area (Å²) in [6, 6.07) is 12.6. The van der Waals surface area contributed by atoms with E-state index >= 15 is 0 Å². The Balaban J connectivity index is 1.72. The van der Waals surface area contributed by atoms with Gasteiger partial charge in [-0.1, -0.05) is 12.1 Å². The molecule has 2 aromatic rings. The Labute approximate surface area is 165 Å². The molecule has 7 nitrogen and oxygen atoms in total. The zero-order valence-corrected chi connectivity index (χ0v) is 16.4. The summed E-state index contributed by atoms with van der Waals surface area (Å²) in [5.41, 5.74) is 3.01. The second-order valence-corrected chi connectivity index (χ2v) is 7.11. The predicted molar refractivity (Wildman–Crippen MR) is 111 cm³/mol. The zero-order chi connectivity index (χ0) is 20.1. The topological polar surface area (TPSA) is 78.7 Å². The number of anilines is 2. The van der Waals surface area contributed by atoms with Crippen LogP contribution in [0.2, 0.25) is 0 Å². The van der Waals surface area contributed by atoms with Gasteiger partial charge in [0.05, 0.1) is 10.5 Å². The molecule has 3 rings (SSSR count). The van der Waals surface area contributed by atoms with E-state index in [1.54, 1.807) is 25.1 Å². The van der Waals surface area contributed by atoms with Gasteiger partial charge in [0, 0.05) is 57.2 Å². The van der Waals surface area contributed by atoms with Gasteiger partial charge in [-0.25, -0.2) is 0 Å². The van der Waals surface area contributed by atoms with Crippen molar-refractivity contribution in [3.05, 3.63) is 63.7 Å². The molecule has 1 heterocycles. The van der Waals surface area contributed by atoms with Crippen LogP contribution in [0.5, 0.6) is 0 Å². The van der Waals surface area contributed by atoms with Gasteiger partial charge < -0.3 is 15.1 Å². The van der Waals surface area contributed by atoms with Gasteiger partial charge >= 0.3 is 0 Å². The van der Waals surface area contributed by atoms with Crippen LogP contribution in [0, 0.1) is 10.1 Å². The lowest BCUT2D eigenvalue weighted by Crippen LogP contribution is -2.29. The van der Waals surface area contributed by atoms with E-state index in [4.69, 9.17) is 0 Å². The number of amides is 1. The van der Waals surface area contributed by atoms with E-state index in [9.17, 15) is 14.9 Å². The Hall–Kier alpha value is -3.09. The maximum absolute atomic E-state index is 12.9. The lowest BCUT2D eigenvalue weighted by atomic mass is 10.1. The van der Waals surface area contributed by atoms with Crippen LogP contribution < -0.4 is 10.2 Å². The highest BCUT2D eigenvalue weighted by Gasteiger charge is 2.20. The summed E-state index contributed by atoms with van der Waals surface area (Å²) in [4.78, 5) is 27.4. The van der Waals surface area contributed by atoms with Crippen LogP contribution in [0.15, 0.2) is 42.5 Å². The highest BCUT2D eigenvalue weighted by Crippen LogP contribution is 2.24. The Morgan fingerprint density at radius 3 is 2.43 bits per heavy atom. The number of nitro benzene ring substituents is 1. The maximum Gasteiger partial charge on any atom is 0.270 e. The Bertz CT molecular complexity index is 845. The molecular weight excluding hydrogens is 356 g/mol. The standard InChI is InChI=1S/C21H26N4O3/c1-22-20-11-10-18(25(27)28)14-19(20)21(26)23(2)15-16-6-8-17(9-7-16)24-12-4-3-5-13-24/h6-11,14,22H,3-5,12-13,15H2,1-2H3. The smallest absolute Gasteiger partial charge is 0.270 e. The summed E-state index contributed by atoms with van der Waals surface area (Å²) in [6.07, 6.45) is 3.76. The van der Waals surface area contributed by atoms with E-state index in [0.717, 1.165) is 18.7 Å². The first-order valence-electron chi connectivity index (χ1n) is 9.55. The number of benzene rings is 2. The first-order valence-corrected chi connectivity index (χ1v) is 9.55. The minimum absolute atomic E-state index is 0.0957. The quantitative estimate of drug-likeness (QED) is 0.605. The van der Waals surface area contributed by atoms with Crippen molar-refractivity contribution >= 4 is 23.0 Å². The van der Waals surface area contributed by atoms with E-state index in [-0.39, 0.29) is 11.6 Å². The fourth-order valence-corrected chi connectivity index (χ4v) is 3.56. The van der Waals surface area contributed by atoms with Crippen LogP contribution in [-0.4, -0.2) is 42.9 Å². The van der Waals surface area contributed by atoms with E-state index in [2.05, 4.69) is 22.3 Å². The summed E-state index contributed by atoms with van der Waals surface area (Å²) in [5, 5.41) is 14.0. The number of hydrogen-bond donors (Lipinski definition) is 1. The van der Waals surface area contributed by atoms with Crippen molar-refractivity contribution in [3.63, 3.8) is 0 Å². The molecule has 1 fully saturated rings. The highest BCUT2D eigenvalue weighted by molar-refractivity contribution is 6.00. The van der Waals surface area contributed by atoms with Crippen LogP contribution in [0.4, 0.5) is 17.1 Å². The van der Waals surface area contributed by atoms with Crippen molar-refractivity contribution in [1.29, 1.82) is 0 Å². The number of nitro groups is 1. The first-order chi connectivity index (χ1) is 13.5. The summed E-state index contributed by atoms with van der Waals surface area (Å²) >= 11 is 0. The van der Waals surface area contributed by atoms with E-state index in [0.29, 0.717) is 17.8 Å². The molecule has 1 amide bonds. The molecule has 1 aliphatic heterocycles. The molecule has 0 saturated carbocycles. The van der Waals surface area contributed by atoms with Crippen LogP contribution in [0.25, 0.3) is 0 Å². The fraction of sp³-hybridized carbons (Fsp3) is 0.381. The van der Waals surface area contributed by atoms with E-state index in [1.165, 1.54) is 37.1 Å². The predicted octanol–water partition coefficient (Wildman–Crippen LogP) is 3.90. The molecule has 1 saturated heterocycles. The molecule has 0 unspecified atom stereocenters. The van der Waals surface area contributed by atoms with Crippen LogP contribution in [0.3, 0.4) is 0 Å².